The predicted octanol–water partition coefficient (Wildman–Crippen LogP) is 2.10. The maximum Gasteiger partial charge on any atom is 0.121 e. The van der Waals surface area contributed by atoms with Gasteiger partial charge in [-0.25, -0.2) is 0 Å². The van der Waals surface area contributed by atoms with Crippen molar-refractivity contribution in [2.24, 2.45) is 0 Å². The van der Waals surface area contributed by atoms with E-state index in [1.807, 2.05) is 13.0 Å². The average molecular weight is 165 g/mol. The van der Waals surface area contributed by atoms with E-state index in [4.69, 9.17) is 5.73 Å². The summed E-state index contributed by atoms with van der Waals surface area (Å²) in [5, 5.41) is 9.52. The first-order valence-electron chi connectivity index (χ1n) is 4.29. The summed E-state index contributed by atoms with van der Waals surface area (Å²) in [6.07, 6.45) is 1.77. The largest absolute Gasteiger partial charge is 0.508 e. The molecular formula is C10H15NO. The second-order valence-corrected chi connectivity index (χ2v) is 2.88. The van der Waals surface area contributed by atoms with Gasteiger partial charge in [0.2, 0.25) is 0 Å². The minimum atomic E-state index is 0.328. The summed E-state index contributed by atoms with van der Waals surface area (Å²) in [4.78, 5) is 0. The number of nitrogens with two attached hydrogens (primary N) is 1. The molecule has 0 aromatic heterocycles. The summed E-state index contributed by atoms with van der Waals surface area (Å²) >= 11 is 0. The molecule has 2 heteroatoms. The Hall–Kier alpha value is -1.18. The molecular weight excluding hydrogens is 150 g/mol. The van der Waals surface area contributed by atoms with Crippen LogP contribution in [0.3, 0.4) is 0 Å². The van der Waals surface area contributed by atoms with Gasteiger partial charge in [0, 0.05) is 11.8 Å². The Morgan fingerprint density at radius 3 is 2.42 bits per heavy atom. The minimum absolute atomic E-state index is 0.328. The molecule has 0 spiro atoms. The van der Waals surface area contributed by atoms with Gasteiger partial charge < -0.3 is 10.8 Å². The van der Waals surface area contributed by atoms with Crippen molar-refractivity contribution in [3.8, 4) is 5.75 Å². The first-order chi connectivity index (χ1) is 5.69. The highest BCUT2D eigenvalue weighted by molar-refractivity contribution is 5.52. The molecule has 0 atom stereocenters. The van der Waals surface area contributed by atoms with Crippen LogP contribution in [0.2, 0.25) is 0 Å². The van der Waals surface area contributed by atoms with Crippen LogP contribution in [-0.2, 0) is 12.8 Å². The van der Waals surface area contributed by atoms with Gasteiger partial charge in [-0.05, 0) is 30.0 Å². The topological polar surface area (TPSA) is 46.2 Å². The maximum absolute atomic E-state index is 9.52. The van der Waals surface area contributed by atoms with E-state index in [2.05, 4.69) is 6.92 Å². The molecule has 0 aliphatic carbocycles. The first kappa shape index (κ1) is 8.91. The lowest BCUT2D eigenvalue weighted by Gasteiger charge is -2.08. The lowest BCUT2D eigenvalue weighted by molar-refractivity contribution is 0.468. The average Bonchev–Trinajstić information content (AvgIpc) is 2.03. The van der Waals surface area contributed by atoms with Crippen LogP contribution < -0.4 is 5.73 Å². The van der Waals surface area contributed by atoms with E-state index < -0.39 is 0 Å². The lowest BCUT2D eigenvalue weighted by Crippen LogP contribution is -1.94. The van der Waals surface area contributed by atoms with Gasteiger partial charge in [-0.1, -0.05) is 13.8 Å². The fraction of sp³-hybridized carbons (Fsp3) is 0.400. The molecule has 66 valence electrons. The summed E-state index contributed by atoms with van der Waals surface area (Å²) in [6.45, 7) is 4.10. The third kappa shape index (κ3) is 1.52. The highest BCUT2D eigenvalue weighted by atomic mass is 16.3. The minimum Gasteiger partial charge on any atom is -0.508 e. The van der Waals surface area contributed by atoms with Gasteiger partial charge in [0.1, 0.15) is 5.75 Å². The van der Waals surface area contributed by atoms with E-state index in [1.54, 1.807) is 6.07 Å². The number of anilines is 1. The fourth-order valence-corrected chi connectivity index (χ4v) is 1.46. The summed E-state index contributed by atoms with van der Waals surface area (Å²) < 4.78 is 0. The molecule has 0 aliphatic heterocycles. The molecule has 1 aromatic rings. The highest BCUT2D eigenvalue weighted by Gasteiger charge is 2.05. The fourth-order valence-electron chi connectivity index (χ4n) is 1.46. The molecule has 0 saturated carbocycles. The van der Waals surface area contributed by atoms with Gasteiger partial charge in [-0.2, -0.15) is 0 Å². The van der Waals surface area contributed by atoms with E-state index in [-0.39, 0.29) is 0 Å². The number of rotatable bonds is 2. The lowest BCUT2D eigenvalue weighted by atomic mass is 10.0. The molecule has 0 amide bonds. The Bertz CT molecular complexity index is 281. The van der Waals surface area contributed by atoms with Gasteiger partial charge >= 0.3 is 0 Å². The van der Waals surface area contributed by atoms with E-state index in [9.17, 15) is 5.11 Å². The molecule has 1 aromatic carbocycles. The molecule has 1 rings (SSSR count). The van der Waals surface area contributed by atoms with Crippen LogP contribution >= 0.6 is 0 Å². The predicted molar refractivity (Wildman–Crippen MR) is 51.3 cm³/mol. The van der Waals surface area contributed by atoms with Crippen molar-refractivity contribution in [2.75, 3.05) is 5.73 Å². The number of hydrogen-bond acceptors (Lipinski definition) is 2. The zero-order valence-electron chi connectivity index (χ0n) is 7.59. The maximum atomic E-state index is 9.52. The van der Waals surface area contributed by atoms with Crippen LogP contribution in [0.5, 0.6) is 5.75 Å². The van der Waals surface area contributed by atoms with Crippen molar-refractivity contribution in [3.05, 3.63) is 23.3 Å². The molecule has 0 aliphatic rings. The van der Waals surface area contributed by atoms with Gasteiger partial charge in [0.05, 0.1) is 0 Å². The van der Waals surface area contributed by atoms with Crippen molar-refractivity contribution in [3.63, 3.8) is 0 Å². The standard InChI is InChI=1S/C10H15NO/c1-3-7-5-8(11)6-10(12)9(7)4-2/h5-6,12H,3-4,11H2,1-2H3. The van der Waals surface area contributed by atoms with Crippen LogP contribution in [0.15, 0.2) is 12.1 Å². The van der Waals surface area contributed by atoms with Gasteiger partial charge in [0.25, 0.3) is 0 Å². The van der Waals surface area contributed by atoms with Crippen molar-refractivity contribution in [2.45, 2.75) is 26.7 Å². The zero-order chi connectivity index (χ0) is 9.14. The van der Waals surface area contributed by atoms with Crippen LogP contribution in [0.4, 0.5) is 5.69 Å². The number of hydrogen-bond donors (Lipinski definition) is 2. The second kappa shape index (κ2) is 3.48. The smallest absolute Gasteiger partial charge is 0.121 e. The van der Waals surface area contributed by atoms with Crippen molar-refractivity contribution < 1.29 is 5.11 Å². The molecule has 0 fully saturated rings. The van der Waals surface area contributed by atoms with Crippen LogP contribution in [-0.4, -0.2) is 5.11 Å². The number of benzene rings is 1. The molecule has 2 nitrogen and oxygen atoms in total. The van der Waals surface area contributed by atoms with Gasteiger partial charge in [0.15, 0.2) is 0 Å². The normalized spacial score (nSPS) is 10.2. The first-order valence-corrected chi connectivity index (χ1v) is 4.29. The quantitative estimate of drug-likeness (QED) is 0.659. The third-order valence-electron chi connectivity index (χ3n) is 2.08. The van der Waals surface area contributed by atoms with Crippen LogP contribution in [0, 0.1) is 0 Å². The molecule has 0 radical (unpaired) electrons. The second-order valence-electron chi connectivity index (χ2n) is 2.88. The van der Waals surface area contributed by atoms with E-state index >= 15 is 0 Å². The Morgan fingerprint density at radius 1 is 1.25 bits per heavy atom. The van der Waals surface area contributed by atoms with E-state index in [1.165, 1.54) is 0 Å². The Morgan fingerprint density at radius 2 is 1.92 bits per heavy atom. The molecule has 0 heterocycles. The van der Waals surface area contributed by atoms with Crippen molar-refractivity contribution in [1.82, 2.24) is 0 Å². The summed E-state index contributed by atoms with van der Waals surface area (Å²) in [5.74, 6) is 0.328. The molecule has 0 saturated heterocycles. The van der Waals surface area contributed by atoms with Crippen LogP contribution in [0.25, 0.3) is 0 Å². The summed E-state index contributed by atoms with van der Waals surface area (Å²) in [7, 11) is 0. The number of aryl methyl sites for hydroxylation is 1. The van der Waals surface area contributed by atoms with Crippen molar-refractivity contribution in [1.29, 1.82) is 0 Å². The number of aromatic hydroxyl groups is 1. The van der Waals surface area contributed by atoms with Crippen molar-refractivity contribution >= 4 is 5.69 Å². The van der Waals surface area contributed by atoms with E-state index in [0.29, 0.717) is 11.4 Å². The molecule has 12 heavy (non-hydrogen) atoms. The third-order valence-corrected chi connectivity index (χ3v) is 2.08. The Balaban J connectivity index is 3.24. The highest BCUT2D eigenvalue weighted by Crippen LogP contribution is 2.25. The Labute approximate surface area is 73.0 Å². The van der Waals surface area contributed by atoms with Crippen LogP contribution in [0.1, 0.15) is 25.0 Å². The number of phenols is 1. The van der Waals surface area contributed by atoms with Gasteiger partial charge in [-0.3, -0.25) is 0 Å². The van der Waals surface area contributed by atoms with E-state index in [0.717, 1.165) is 24.0 Å². The molecule has 3 N–H and O–H groups in total. The zero-order valence-corrected chi connectivity index (χ0v) is 7.59. The molecule has 0 bridgehead atoms. The SMILES string of the molecule is CCc1cc(N)cc(O)c1CC. The number of phenolic OH excluding ortho intramolecular Hbond substituents is 1. The Kier molecular flexibility index (Phi) is 2.58. The molecule has 0 unspecified atom stereocenters. The van der Waals surface area contributed by atoms with Gasteiger partial charge in [-0.15, -0.1) is 0 Å². The summed E-state index contributed by atoms with van der Waals surface area (Å²) in [6, 6.07) is 3.54. The number of nitrogen functional groups attached to an aromatic ring is 1. The summed E-state index contributed by atoms with van der Waals surface area (Å²) in [5.41, 5.74) is 8.41. The monoisotopic (exact) mass is 165 g/mol.